The van der Waals surface area contributed by atoms with Crippen LogP contribution < -0.4 is 16.2 Å². The van der Waals surface area contributed by atoms with Gasteiger partial charge in [-0.15, -0.1) is 0 Å². The number of carbonyl (C=O) groups is 2. The Morgan fingerprint density at radius 1 is 1.05 bits per heavy atom. The van der Waals surface area contributed by atoms with Crippen LogP contribution in [0.2, 0.25) is 0 Å². The number of amides is 2. The van der Waals surface area contributed by atoms with E-state index in [1.807, 2.05) is 6.07 Å². The van der Waals surface area contributed by atoms with Crippen LogP contribution in [0.3, 0.4) is 0 Å². The largest absolute Gasteiger partial charge is 0.340 e. The number of anilines is 1. The number of carbonyl (C=O) groups excluding carboxylic acids is 2. The SMILES string of the molecule is CC(NC(=O)c1ccccc1)C(=O)NNc1ncccn1. The lowest BCUT2D eigenvalue weighted by molar-refractivity contribution is -0.122. The van der Waals surface area contributed by atoms with Gasteiger partial charge in [0.1, 0.15) is 6.04 Å². The first-order valence-electron chi connectivity index (χ1n) is 6.35. The highest BCUT2D eigenvalue weighted by Crippen LogP contribution is 1.99. The highest BCUT2D eigenvalue weighted by atomic mass is 16.2. The van der Waals surface area contributed by atoms with Crippen LogP contribution in [0.25, 0.3) is 0 Å². The van der Waals surface area contributed by atoms with E-state index in [1.165, 1.54) is 0 Å². The summed E-state index contributed by atoms with van der Waals surface area (Å²) in [6.07, 6.45) is 3.09. The van der Waals surface area contributed by atoms with Gasteiger partial charge in [0.25, 0.3) is 11.8 Å². The molecule has 1 atom stereocenters. The van der Waals surface area contributed by atoms with Crippen molar-refractivity contribution in [3.05, 3.63) is 54.4 Å². The van der Waals surface area contributed by atoms with Crippen LogP contribution in [0.1, 0.15) is 17.3 Å². The van der Waals surface area contributed by atoms with Crippen molar-refractivity contribution in [2.24, 2.45) is 0 Å². The van der Waals surface area contributed by atoms with Crippen molar-refractivity contribution in [1.29, 1.82) is 0 Å². The molecule has 7 nitrogen and oxygen atoms in total. The molecule has 1 aromatic carbocycles. The summed E-state index contributed by atoms with van der Waals surface area (Å²) in [5.41, 5.74) is 5.49. The van der Waals surface area contributed by atoms with Crippen LogP contribution in [0.15, 0.2) is 48.8 Å². The zero-order valence-electron chi connectivity index (χ0n) is 11.4. The lowest BCUT2D eigenvalue weighted by Crippen LogP contribution is -2.46. The Morgan fingerprint density at radius 2 is 1.71 bits per heavy atom. The summed E-state index contributed by atoms with van der Waals surface area (Å²) < 4.78 is 0. The molecule has 0 aliphatic heterocycles. The molecule has 1 unspecified atom stereocenters. The van der Waals surface area contributed by atoms with Gasteiger partial charge in [-0.3, -0.25) is 20.4 Å². The highest BCUT2D eigenvalue weighted by molar-refractivity contribution is 5.97. The Morgan fingerprint density at radius 3 is 2.38 bits per heavy atom. The van der Waals surface area contributed by atoms with Gasteiger partial charge in [0.2, 0.25) is 5.95 Å². The maximum absolute atomic E-state index is 11.9. The van der Waals surface area contributed by atoms with E-state index in [2.05, 4.69) is 26.1 Å². The van der Waals surface area contributed by atoms with E-state index >= 15 is 0 Å². The zero-order chi connectivity index (χ0) is 15.1. The van der Waals surface area contributed by atoms with E-state index in [4.69, 9.17) is 0 Å². The fourth-order valence-electron chi connectivity index (χ4n) is 1.52. The summed E-state index contributed by atoms with van der Waals surface area (Å²) >= 11 is 0. The minimum atomic E-state index is -0.700. The number of nitrogens with zero attached hydrogens (tertiary/aromatic N) is 2. The summed E-state index contributed by atoms with van der Waals surface area (Å²) in [5, 5.41) is 2.60. The van der Waals surface area contributed by atoms with Gasteiger partial charge in [-0.25, -0.2) is 9.97 Å². The Kier molecular flexibility index (Phi) is 4.81. The van der Waals surface area contributed by atoms with Crippen LogP contribution in [0, 0.1) is 0 Å². The number of hydrogen-bond donors (Lipinski definition) is 3. The van der Waals surface area contributed by atoms with Gasteiger partial charge in [-0.05, 0) is 25.1 Å². The van der Waals surface area contributed by atoms with Crippen molar-refractivity contribution >= 4 is 17.8 Å². The summed E-state index contributed by atoms with van der Waals surface area (Å²) in [7, 11) is 0. The third-order valence-corrected chi connectivity index (χ3v) is 2.64. The van der Waals surface area contributed by atoms with Gasteiger partial charge in [-0.1, -0.05) is 18.2 Å². The Bertz CT molecular complexity index is 603. The van der Waals surface area contributed by atoms with Gasteiger partial charge in [0, 0.05) is 18.0 Å². The molecule has 2 aromatic rings. The molecule has 1 heterocycles. The average molecular weight is 285 g/mol. The molecular weight excluding hydrogens is 270 g/mol. The second kappa shape index (κ2) is 6.99. The number of hydrogen-bond acceptors (Lipinski definition) is 5. The lowest BCUT2D eigenvalue weighted by Gasteiger charge is -2.14. The number of benzene rings is 1. The number of rotatable bonds is 5. The van der Waals surface area contributed by atoms with E-state index in [1.54, 1.807) is 49.6 Å². The van der Waals surface area contributed by atoms with E-state index < -0.39 is 11.9 Å². The number of hydrazine groups is 1. The molecule has 2 amide bonds. The Balaban J connectivity index is 1.84. The minimum Gasteiger partial charge on any atom is -0.340 e. The Hall–Kier alpha value is -2.96. The van der Waals surface area contributed by atoms with Crippen molar-refractivity contribution in [1.82, 2.24) is 20.7 Å². The molecule has 0 aliphatic rings. The van der Waals surface area contributed by atoms with E-state index in [9.17, 15) is 9.59 Å². The summed E-state index contributed by atoms with van der Waals surface area (Å²) in [4.78, 5) is 31.5. The molecule has 0 radical (unpaired) electrons. The molecule has 2 rings (SSSR count). The highest BCUT2D eigenvalue weighted by Gasteiger charge is 2.16. The second-order valence-corrected chi connectivity index (χ2v) is 4.25. The standard InChI is InChI=1S/C14H15N5O2/c1-10(17-13(21)11-6-3-2-4-7-11)12(20)18-19-14-15-8-5-9-16-14/h2-10H,1H3,(H,17,21)(H,18,20)(H,15,16,19). The second-order valence-electron chi connectivity index (χ2n) is 4.25. The van der Waals surface area contributed by atoms with E-state index in [-0.39, 0.29) is 11.9 Å². The normalized spacial score (nSPS) is 11.3. The van der Waals surface area contributed by atoms with Crippen molar-refractivity contribution in [3.63, 3.8) is 0 Å². The molecule has 0 aliphatic carbocycles. The molecule has 108 valence electrons. The monoisotopic (exact) mass is 285 g/mol. The van der Waals surface area contributed by atoms with Crippen LogP contribution in [-0.4, -0.2) is 27.8 Å². The molecule has 7 heteroatoms. The van der Waals surface area contributed by atoms with Crippen LogP contribution in [0.5, 0.6) is 0 Å². The molecule has 21 heavy (non-hydrogen) atoms. The fourth-order valence-corrected chi connectivity index (χ4v) is 1.52. The summed E-state index contributed by atoms with van der Waals surface area (Å²) in [6, 6.07) is 9.65. The van der Waals surface area contributed by atoms with Crippen molar-refractivity contribution in [2.75, 3.05) is 5.43 Å². The minimum absolute atomic E-state index is 0.271. The lowest BCUT2D eigenvalue weighted by atomic mass is 10.2. The maximum Gasteiger partial charge on any atom is 0.260 e. The van der Waals surface area contributed by atoms with Crippen LogP contribution in [0.4, 0.5) is 5.95 Å². The molecule has 1 aromatic heterocycles. The van der Waals surface area contributed by atoms with E-state index in [0.717, 1.165) is 0 Å². The van der Waals surface area contributed by atoms with Crippen LogP contribution in [-0.2, 0) is 4.79 Å². The van der Waals surface area contributed by atoms with E-state index in [0.29, 0.717) is 5.56 Å². The fraction of sp³-hybridized carbons (Fsp3) is 0.143. The molecule has 0 spiro atoms. The van der Waals surface area contributed by atoms with Gasteiger partial charge >= 0.3 is 0 Å². The molecular formula is C14H15N5O2. The smallest absolute Gasteiger partial charge is 0.260 e. The van der Waals surface area contributed by atoms with Crippen molar-refractivity contribution in [3.8, 4) is 0 Å². The van der Waals surface area contributed by atoms with Crippen molar-refractivity contribution in [2.45, 2.75) is 13.0 Å². The molecule has 0 fully saturated rings. The first-order chi connectivity index (χ1) is 10.2. The van der Waals surface area contributed by atoms with Gasteiger partial charge < -0.3 is 5.32 Å². The van der Waals surface area contributed by atoms with Gasteiger partial charge in [-0.2, -0.15) is 0 Å². The molecule has 0 saturated carbocycles. The predicted molar refractivity (Wildman–Crippen MR) is 77.2 cm³/mol. The maximum atomic E-state index is 11.9. The molecule has 0 saturated heterocycles. The number of aromatic nitrogens is 2. The Labute approximate surface area is 121 Å². The third-order valence-electron chi connectivity index (χ3n) is 2.64. The zero-order valence-corrected chi connectivity index (χ0v) is 11.4. The summed E-state index contributed by atoms with van der Waals surface area (Å²) in [5.74, 6) is -0.437. The summed E-state index contributed by atoms with van der Waals surface area (Å²) in [6.45, 7) is 1.59. The topological polar surface area (TPSA) is 96.0 Å². The predicted octanol–water partition coefficient (Wildman–Crippen LogP) is 0.738. The van der Waals surface area contributed by atoms with Crippen molar-refractivity contribution < 1.29 is 9.59 Å². The number of nitrogens with one attached hydrogen (secondary N) is 3. The van der Waals surface area contributed by atoms with Crippen LogP contribution >= 0.6 is 0 Å². The third kappa shape index (κ3) is 4.27. The molecule has 0 bridgehead atoms. The average Bonchev–Trinajstić information content (AvgIpc) is 2.54. The first-order valence-corrected chi connectivity index (χ1v) is 6.35. The first kappa shape index (κ1) is 14.4. The quantitative estimate of drug-likeness (QED) is 0.704. The van der Waals surface area contributed by atoms with Gasteiger partial charge in [0.05, 0.1) is 0 Å². The van der Waals surface area contributed by atoms with Gasteiger partial charge in [0.15, 0.2) is 0 Å². The molecule has 3 N–H and O–H groups in total.